The molecule has 1 aliphatic carbocycles. The summed E-state index contributed by atoms with van der Waals surface area (Å²) in [6.45, 7) is 0. The minimum atomic E-state index is -0.504. The predicted octanol–water partition coefficient (Wildman–Crippen LogP) is 2.00. The van der Waals surface area contributed by atoms with Crippen molar-refractivity contribution in [3.8, 4) is 0 Å². The number of rotatable bonds is 3. The molecule has 92 valence electrons. The van der Waals surface area contributed by atoms with Gasteiger partial charge in [-0.05, 0) is 42.7 Å². The molecule has 3 nitrogen and oxygen atoms in total. The van der Waals surface area contributed by atoms with Gasteiger partial charge in [0.25, 0.3) is 0 Å². The first-order valence-electron chi connectivity index (χ1n) is 6.13. The number of carbonyl (C=O) groups excluding carboxylic acids is 1. The molecule has 3 heteroatoms. The van der Waals surface area contributed by atoms with Gasteiger partial charge in [0, 0.05) is 0 Å². The van der Waals surface area contributed by atoms with Gasteiger partial charge in [-0.1, -0.05) is 24.3 Å². The Kier molecular flexibility index (Phi) is 3.79. The summed E-state index contributed by atoms with van der Waals surface area (Å²) in [6.07, 6.45) is 4.11. The van der Waals surface area contributed by atoms with Gasteiger partial charge >= 0.3 is 5.97 Å². The van der Waals surface area contributed by atoms with E-state index in [2.05, 4.69) is 29.0 Å². The summed E-state index contributed by atoms with van der Waals surface area (Å²) < 4.78 is 4.68. The summed E-state index contributed by atoms with van der Waals surface area (Å²) in [4.78, 5) is 11.4. The van der Waals surface area contributed by atoms with Gasteiger partial charge in [0.05, 0.1) is 7.11 Å². The van der Waals surface area contributed by atoms with Crippen molar-refractivity contribution >= 4 is 5.97 Å². The summed E-state index contributed by atoms with van der Waals surface area (Å²) >= 11 is 0. The van der Waals surface area contributed by atoms with E-state index in [0.29, 0.717) is 12.3 Å². The van der Waals surface area contributed by atoms with Crippen molar-refractivity contribution in [2.24, 2.45) is 5.73 Å². The third-order valence-electron chi connectivity index (χ3n) is 3.54. The van der Waals surface area contributed by atoms with Gasteiger partial charge in [0.1, 0.15) is 6.04 Å². The van der Waals surface area contributed by atoms with Gasteiger partial charge in [-0.25, -0.2) is 0 Å². The molecular formula is C14H19NO2. The lowest BCUT2D eigenvalue weighted by molar-refractivity contribution is -0.142. The highest BCUT2D eigenvalue weighted by molar-refractivity contribution is 5.75. The number of aryl methyl sites for hydroxylation is 1. The Morgan fingerprint density at radius 1 is 1.53 bits per heavy atom. The Morgan fingerprint density at radius 2 is 2.29 bits per heavy atom. The van der Waals surface area contributed by atoms with Gasteiger partial charge < -0.3 is 10.5 Å². The molecule has 0 unspecified atom stereocenters. The maximum absolute atomic E-state index is 11.4. The van der Waals surface area contributed by atoms with Gasteiger partial charge in [-0.2, -0.15) is 0 Å². The normalized spacial score (nSPS) is 20.5. The quantitative estimate of drug-likeness (QED) is 0.812. The van der Waals surface area contributed by atoms with Gasteiger partial charge in [-0.3, -0.25) is 4.79 Å². The molecule has 0 heterocycles. The SMILES string of the molecule is COC(=O)[C@@H](N)C[C@@H]1CCCc2ccccc21. The molecule has 1 aromatic carbocycles. The van der Waals surface area contributed by atoms with Crippen LogP contribution in [0.25, 0.3) is 0 Å². The van der Waals surface area contributed by atoms with E-state index in [1.54, 1.807) is 0 Å². The van der Waals surface area contributed by atoms with Gasteiger partial charge in [0.2, 0.25) is 0 Å². The van der Waals surface area contributed by atoms with Crippen molar-refractivity contribution in [2.75, 3.05) is 7.11 Å². The molecule has 17 heavy (non-hydrogen) atoms. The van der Waals surface area contributed by atoms with E-state index in [9.17, 15) is 4.79 Å². The summed E-state index contributed by atoms with van der Waals surface area (Å²) in [5, 5.41) is 0. The summed E-state index contributed by atoms with van der Waals surface area (Å²) in [5.74, 6) is 0.0853. The zero-order valence-corrected chi connectivity index (χ0v) is 10.2. The monoisotopic (exact) mass is 233 g/mol. The van der Waals surface area contributed by atoms with Crippen LogP contribution < -0.4 is 5.73 Å². The number of esters is 1. The number of methoxy groups -OCH3 is 1. The molecule has 0 radical (unpaired) electrons. The third kappa shape index (κ3) is 2.67. The van der Waals surface area contributed by atoms with Crippen LogP contribution in [0.3, 0.4) is 0 Å². The lowest BCUT2D eigenvalue weighted by Gasteiger charge is -2.26. The molecule has 0 aromatic heterocycles. The van der Waals surface area contributed by atoms with E-state index in [1.807, 2.05) is 0 Å². The van der Waals surface area contributed by atoms with Crippen molar-refractivity contribution in [1.82, 2.24) is 0 Å². The first kappa shape index (κ1) is 12.1. The van der Waals surface area contributed by atoms with Gasteiger partial charge in [-0.15, -0.1) is 0 Å². The van der Waals surface area contributed by atoms with Crippen LogP contribution in [0.1, 0.15) is 36.3 Å². The molecular weight excluding hydrogens is 214 g/mol. The molecule has 0 bridgehead atoms. The summed E-state index contributed by atoms with van der Waals surface area (Å²) in [6, 6.07) is 7.95. The van der Waals surface area contributed by atoms with E-state index >= 15 is 0 Å². The number of hydrogen-bond acceptors (Lipinski definition) is 3. The Balaban J connectivity index is 2.11. The molecule has 0 spiro atoms. The number of nitrogens with two attached hydrogens (primary N) is 1. The number of carbonyl (C=O) groups is 1. The second-order valence-corrected chi connectivity index (χ2v) is 4.65. The maximum atomic E-state index is 11.4. The van der Waals surface area contributed by atoms with Gasteiger partial charge in [0.15, 0.2) is 0 Å². The Hall–Kier alpha value is -1.35. The minimum Gasteiger partial charge on any atom is -0.468 e. The first-order chi connectivity index (χ1) is 8.22. The molecule has 0 saturated carbocycles. The summed E-state index contributed by atoms with van der Waals surface area (Å²) in [5.41, 5.74) is 8.60. The zero-order chi connectivity index (χ0) is 12.3. The molecule has 2 atom stereocenters. The lowest BCUT2D eigenvalue weighted by atomic mass is 9.80. The largest absolute Gasteiger partial charge is 0.468 e. The molecule has 1 aromatic rings. The van der Waals surface area contributed by atoms with Crippen LogP contribution in [-0.2, 0) is 16.0 Å². The van der Waals surface area contributed by atoms with Crippen LogP contribution in [-0.4, -0.2) is 19.1 Å². The van der Waals surface area contributed by atoms with E-state index in [1.165, 1.54) is 24.7 Å². The van der Waals surface area contributed by atoms with Crippen LogP contribution in [0.2, 0.25) is 0 Å². The van der Waals surface area contributed by atoms with Crippen molar-refractivity contribution in [1.29, 1.82) is 0 Å². The molecule has 0 fully saturated rings. The van der Waals surface area contributed by atoms with Crippen LogP contribution in [0, 0.1) is 0 Å². The molecule has 0 aliphatic heterocycles. The Bertz CT molecular complexity index is 403. The van der Waals surface area contributed by atoms with E-state index in [4.69, 9.17) is 5.73 Å². The fraction of sp³-hybridized carbons (Fsp3) is 0.500. The third-order valence-corrected chi connectivity index (χ3v) is 3.54. The highest BCUT2D eigenvalue weighted by atomic mass is 16.5. The second kappa shape index (κ2) is 5.32. The van der Waals surface area contributed by atoms with Crippen molar-refractivity contribution in [3.63, 3.8) is 0 Å². The Morgan fingerprint density at radius 3 is 3.06 bits per heavy atom. The standard InChI is InChI=1S/C14H19NO2/c1-17-14(16)13(15)9-11-7-4-6-10-5-2-3-8-12(10)11/h2-3,5,8,11,13H,4,6-7,9,15H2,1H3/t11-,13-/m0/s1. The fourth-order valence-corrected chi connectivity index (χ4v) is 2.65. The highest BCUT2D eigenvalue weighted by Gasteiger charge is 2.25. The number of hydrogen-bond donors (Lipinski definition) is 1. The van der Waals surface area contributed by atoms with E-state index < -0.39 is 6.04 Å². The summed E-state index contributed by atoms with van der Waals surface area (Å²) in [7, 11) is 1.39. The Labute approximate surface area is 102 Å². The molecule has 2 rings (SSSR count). The first-order valence-corrected chi connectivity index (χ1v) is 6.13. The average molecular weight is 233 g/mol. The van der Waals surface area contributed by atoms with Crippen LogP contribution in [0.4, 0.5) is 0 Å². The molecule has 2 N–H and O–H groups in total. The maximum Gasteiger partial charge on any atom is 0.322 e. The topological polar surface area (TPSA) is 52.3 Å². The average Bonchev–Trinajstić information content (AvgIpc) is 2.38. The number of ether oxygens (including phenoxy) is 1. The van der Waals surface area contributed by atoms with E-state index in [-0.39, 0.29) is 5.97 Å². The fourth-order valence-electron chi connectivity index (χ4n) is 2.65. The highest BCUT2D eigenvalue weighted by Crippen LogP contribution is 2.34. The van der Waals surface area contributed by atoms with Crippen LogP contribution in [0.5, 0.6) is 0 Å². The molecule has 0 amide bonds. The second-order valence-electron chi connectivity index (χ2n) is 4.65. The smallest absolute Gasteiger partial charge is 0.322 e. The zero-order valence-electron chi connectivity index (χ0n) is 10.2. The van der Waals surface area contributed by atoms with Crippen molar-refractivity contribution < 1.29 is 9.53 Å². The van der Waals surface area contributed by atoms with Crippen molar-refractivity contribution in [2.45, 2.75) is 37.6 Å². The lowest BCUT2D eigenvalue weighted by Crippen LogP contribution is -2.33. The molecule has 0 saturated heterocycles. The number of benzene rings is 1. The minimum absolute atomic E-state index is 0.312. The number of fused-ring (bicyclic) bond motifs is 1. The van der Waals surface area contributed by atoms with Crippen LogP contribution in [0.15, 0.2) is 24.3 Å². The van der Waals surface area contributed by atoms with E-state index in [0.717, 1.165) is 12.8 Å². The van der Waals surface area contributed by atoms with Crippen LogP contribution >= 0.6 is 0 Å². The van der Waals surface area contributed by atoms with Crippen molar-refractivity contribution in [3.05, 3.63) is 35.4 Å². The predicted molar refractivity (Wildman–Crippen MR) is 66.7 cm³/mol. The molecule has 1 aliphatic rings.